The molecule has 0 saturated carbocycles. The first-order valence-corrected chi connectivity index (χ1v) is 14.9. The molecule has 1 amide bonds. The summed E-state index contributed by atoms with van der Waals surface area (Å²) in [7, 11) is -4.69. The van der Waals surface area contributed by atoms with Crippen LogP contribution in [-0.2, 0) is 38.7 Å². The molecule has 4 rings (SSSR count). The van der Waals surface area contributed by atoms with Crippen molar-refractivity contribution in [2.75, 3.05) is 16.2 Å². The number of sulfonamides is 1. The molecular formula is C31H25ClF4N2O5S. The van der Waals surface area contributed by atoms with Crippen molar-refractivity contribution >= 4 is 44.9 Å². The van der Waals surface area contributed by atoms with E-state index in [1.165, 1.54) is 30.3 Å². The number of amides is 1. The number of alkyl halides is 3. The zero-order valence-corrected chi connectivity index (χ0v) is 24.6. The lowest BCUT2D eigenvalue weighted by molar-refractivity contribution is -0.142. The Morgan fingerprint density at radius 3 is 2.20 bits per heavy atom. The monoisotopic (exact) mass is 648 g/mol. The Morgan fingerprint density at radius 1 is 0.909 bits per heavy atom. The number of carbonyl (C=O) groups excluding carboxylic acids is 2. The molecule has 0 atom stereocenters. The van der Waals surface area contributed by atoms with Crippen molar-refractivity contribution < 1.29 is 40.3 Å². The molecule has 0 unspecified atom stereocenters. The molecule has 13 heteroatoms. The van der Waals surface area contributed by atoms with Gasteiger partial charge in [0.2, 0.25) is 0 Å². The van der Waals surface area contributed by atoms with Crippen molar-refractivity contribution in [3.63, 3.8) is 0 Å². The van der Waals surface area contributed by atoms with Gasteiger partial charge in [0.25, 0.3) is 15.9 Å². The van der Waals surface area contributed by atoms with Crippen LogP contribution in [0.15, 0.2) is 95.9 Å². The fourth-order valence-corrected chi connectivity index (χ4v) is 5.84. The zero-order chi connectivity index (χ0) is 32.1. The fraction of sp³-hybridized carbons (Fsp3) is 0.161. The standard InChI is InChI=1S/C31H25ClF4N2O5S/c1-2-43-29(39)16-20-8-13-26(14-9-20)38(19-21-6-11-24(32)12-7-21)44(41,42)28-17-22(10-15-27(28)33)30(40)37-25-5-3-4-23(18-25)31(34,35)36/h3-15,17-18H,2,16,19H2,1H3,(H,37,40). The number of carbonyl (C=O) groups is 2. The number of nitrogens with one attached hydrogen (secondary N) is 1. The second kappa shape index (κ2) is 13.5. The van der Waals surface area contributed by atoms with E-state index >= 15 is 4.39 Å². The van der Waals surface area contributed by atoms with Gasteiger partial charge in [-0.3, -0.25) is 13.9 Å². The maximum Gasteiger partial charge on any atom is 0.416 e. The maximum absolute atomic E-state index is 15.2. The Hall–Kier alpha value is -4.42. The summed E-state index contributed by atoms with van der Waals surface area (Å²) in [5.41, 5.74) is -0.304. The third-order valence-electron chi connectivity index (χ3n) is 6.33. The highest BCUT2D eigenvalue weighted by molar-refractivity contribution is 7.92. The summed E-state index contributed by atoms with van der Waals surface area (Å²) in [6.07, 6.45) is -4.70. The van der Waals surface area contributed by atoms with Crippen molar-refractivity contribution in [2.24, 2.45) is 0 Å². The molecule has 0 aliphatic heterocycles. The van der Waals surface area contributed by atoms with Gasteiger partial charge in [0.05, 0.1) is 30.8 Å². The molecule has 4 aromatic carbocycles. The van der Waals surface area contributed by atoms with E-state index in [1.54, 1.807) is 31.2 Å². The number of hydrogen-bond donors (Lipinski definition) is 1. The second-order valence-corrected chi connectivity index (χ2v) is 11.7. The molecule has 7 nitrogen and oxygen atoms in total. The molecule has 230 valence electrons. The predicted molar refractivity (Wildman–Crippen MR) is 157 cm³/mol. The summed E-state index contributed by atoms with van der Waals surface area (Å²) in [5.74, 6) is -2.57. The first kappa shape index (κ1) is 32.5. The first-order valence-electron chi connectivity index (χ1n) is 13.1. The lowest BCUT2D eigenvalue weighted by atomic mass is 10.1. The van der Waals surface area contributed by atoms with Gasteiger partial charge >= 0.3 is 12.1 Å². The van der Waals surface area contributed by atoms with Crippen LogP contribution in [0.5, 0.6) is 0 Å². The summed E-state index contributed by atoms with van der Waals surface area (Å²) < 4.78 is 88.3. The van der Waals surface area contributed by atoms with Gasteiger partial charge in [0, 0.05) is 16.3 Å². The second-order valence-electron chi connectivity index (χ2n) is 9.46. The van der Waals surface area contributed by atoms with Crippen LogP contribution in [0.2, 0.25) is 5.02 Å². The average molecular weight is 649 g/mol. The molecule has 0 bridgehead atoms. The van der Waals surface area contributed by atoms with Crippen LogP contribution in [0.1, 0.15) is 34.0 Å². The lowest BCUT2D eigenvalue weighted by Crippen LogP contribution is -2.31. The molecule has 0 heterocycles. The van der Waals surface area contributed by atoms with Crippen molar-refractivity contribution in [3.05, 3.63) is 124 Å². The molecule has 0 fully saturated rings. The summed E-state index contributed by atoms with van der Waals surface area (Å²) in [6.45, 7) is 1.62. The van der Waals surface area contributed by atoms with E-state index in [0.29, 0.717) is 16.1 Å². The highest BCUT2D eigenvalue weighted by Crippen LogP contribution is 2.32. The number of benzene rings is 4. The van der Waals surface area contributed by atoms with Gasteiger partial charge in [0.15, 0.2) is 0 Å². The highest BCUT2D eigenvalue weighted by Gasteiger charge is 2.31. The van der Waals surface area contributed by atoms with E-state index < -0.39 is 44.4 Å². The minimum atomic E-state index is -4.69. The highest BCUT2D eigenvalue weighted by atomic mass is 35.5. The fourth-order valence-electron chi connectivity index (χ4n) is 4.17. The minimum absolute atomic E-state index is 0.0459. The third kappa shape index (κ3) is 7.94. The third-order valence-corrected chi connectivity index (χ3v) is 8.37. The minimum Gasteiger partial charge on any atom is -0.466 e. The van der Waals surface area contributed by atoms with E-state index in [0.717, 1.165) is 40.7 Å². The molecule has 0 radical (unpaired) electrons. The normalized spacial score (nSPS) is 11.6. The SMILES string of the molecule is CCOC(=O)Cc1ccc(N(Cc2ccc(Cl)cc2)S(=O)(=O)c2cc(C(=O)Nc3cccc(C(F)(F)F)c3)ccc2F)cc1. The Morgan fingerprint density at radius 2 is 1.57 bits per heavy atom. The molecule has 4 aromatic rings. The van der Waals surface area contributed by atoms with E-state index in [4.69, 9.17) is 16.3 Å². The van der Waals surface area contributed by atoms with Gasteiger partial charge in [-0.05, 0) is 78.7 Å². The van der Waals surface area contributed by atoms with Crippen LogP contribution >= 0.6 is 11.6 Å². The Bertz CT molecular complexity index is 1760. The van der Waals surface area contributed by atoms with Crippen molar-refractivity contribution in [1.29, 1.82) is 0 Å². The molecule has 0 aliphatic carbocycles. The molecule has 0 spiro atoms. The summed E-state index contributed by atoms with van der Waals surface area (Å²) >= 11 is 5.98. The van der Waals surface area contributed by atoms with E-state index in [-0.39, 0.29) is 36.5 Å². The van der Waals surface area contributed by atoms with Gasteiger partial charge in [0.1, 0.15) is 10.7 Å². The summed E-state index contributed by atoms with van der Waals surface area (Å²) in [5, 5.41) is 2.70. The molecule has 44 heavy (non-hydrogen) atoms. The number of anilines is 2. The van der Waals surface area contributed by atoms with Crippen LogP contribution in [0.4, 0.5) is 28.9 Å². The molecule has 0 aromatic heterocycles. The number of halogens is 5. The van der Waals surface area contributed by atoms with Crippen molar-refractivity contribution in [3.8, 4) is 0 Å². The van der Waals surface area contributed by atoms with Crippen LogP contribution in [-0.4, -0.2) is 26.9 Å². The van der Waals surface area contributed by atoms with Gasteiger partial charge in [-0.2, -0.15) is 13.2 Å². The van der Waals surface area contributed by atoms with Gasteiger partial charge in [-0.25, -0.2) is 12.8 Å². The van der Waals surface area contributed by atoms with Crippen LogP contribution in [0.3, 0.4) is 0 Å². The Kier molecular flexibility index (Phi) is 9.95. The van der Waals surface area contributed by atoms with Crippen LogP contribution in [0, 0.1) is 5.82 Å². The molecule has 0 saturated heterocycles. The lowest BCUT2D eigenvalue weighted by Gasteiger charge is -2.25. The van der Waals surface area contributed by atoms with Crippen molar-refractivity contribution in [1.82, 2.24) is 0 Å². The number of hydrogen-bond acceptors (Lipinski definition) is 5. The van der Waals surface area contributed by atoms with Gasteiger partial charge < -0.3 is 10.1 Å². The Labute approximate surface area is 256 Å². The summed E-state index contributed by atoms with van der Waals surface area (Å²) in [4.78, 5) is 24.0. The first-order chi connectivity index (χ1) is 20.8. The van der Waals surface area contributed by atoms with Gasteiger partial charge in [-0.1, -0.05) is 41.9 Å². The van der Waals surface area contributed by atoms with Crippen molar-refractivity contribution in [2.45, 2.75) is 31.0 Å². The number of esters is 1. The maximum atomic E-state index is 15.2. The summed E-state index contributed by atoms with van der Waals surface area (Å²) in [6, 6.07) is 18.8. The number of nitrogens with zero attached hydrogens (tertiary/aromatic N) is 1. The quantitative estimate of drug-likeness (QED) is 0.144. The van der Waals surface area contributed by atoms with E-state index in [1.807, 2.05) is 0 Å². The van der Waals surface area contributed by atoms with Crippen LogP contribution < -0.4 is 9.62 Å². The largest absolute Gasteiger partial charge is 0.466 e. The molecule has 1 N–H and O–H groups in total. The topological polar surface area (TPSA) is 92.8 Å². The smallest absolute Gasteiger partial charge is 0.416 e. The number of rotatable bonds is 10. The average Bonchev–Trinajstić information content (AvgIpc) is 2.97. The molecule has 0 aliphatic rings. The molecular weight excluding hydrogens is 624 g/mol. The van der Waals surface area contributed by atoms with E-state index in [2.05, 4.69) is 5.32 Å². The predicted octanol–water partition coefficient (Wildman–Crippen LogP) is 7.25. The van der Waals surface area contributed by atoms with Gasteiger partial charge in [-0.15, -0.1) is 0 Å². The van der Waals surface area contributed by atoms with E-state index in [9.17, 15) is 31.2 Å². The Balaban J connectivity index is 1.69. The van der Waals surface area contributed by atoms with Crippen LogP contribution in [0.25, 0.3) is 0 Å². The number of ether oxygens (including phenoxy) is 1. The zero-order valence-electron chi connectivity index (χ0n) is 23.1.